The molecular weight excluding hydrogens is 590 g/mol. The lowest BCUT2D eigenvalue weighted by Gasteiger charge is -2.39. The Morgan fingerprint density at radius 2 is 1.49 bits per heavy atom. The number of hydrogen-bond acceptors (Lipinski definition) is 8. The second kappa shape index (κ2) is 13.3. The predicted molar refractivity (Wildman–Crippen MR) is 169 cm³/mol. The Hall–Kier alpha value is -5.07. The number of carboxylic acids is 1. The third kappa shape index (κ3) is 6.42. The molecule has 0 radical (unpaired) electrons. The molecule has 45 heavy (non-hydrogen) atoms. The molecule has 228 valence electrons. The first-order chi connectivity index (χ1) is 21.9. The molecule has 0 aliphatic carbocycles. The van der Waals surface area contributed by atoms with E-state index < -0.39 is 17.9 Å². The highest BCUT2D eigenvalue weighted by atomic mass is 32.2. The highest BCUT2D eigenvalue weighted by Gasteiger charge is 2.32. The van der Waals surface area contributed by atoms with Gasteiger partial charge in [0.25, 0.3) is 5.91 Å². The summed E-state index contributed by atoms with van der Waals surface area (Å²) in [7, 11) is 0. The zero-order chi connectivity index (χ0) is 31.3. The number of pyridine rings is 3. The number of rotatable bonds is 9. The normalized spacial score (nSPS) is 14.4. The summed E-state index contributed by atoms with van der Waals surface area (Å²) in [6, 6.07) is 21.1. The fraction of sp³-hybridized carbons (Fsp3) is 0.212. The predicted octanol–water partition coefficient (Wildman–Crippen LogP) is 4.25. The van der Waals surface area contributed by atoms with Gasteiger partial charge in [-0.2, -0.15) is 0 Å². The van der Waals surface area contributed by atoms with Gasteiger partial charge in [0.1, 0.15) is 16.8 Å². The number of carbonyl (C=O) groups excluding carboxylic acids is 2. The van der Waals surface area contributed by atoms with Crippen molar-refractivity contribution in [1.82, 2.24) is 35.1 Å². The quantitative estimate of drug-likeness (QED) is 0.220. The maximum absolute atomic E-state index is 13.6. The van der Waals surface area contributed by atoms with Crippen molar-refractivity contribution in [2.75, 3.05) is 26.2 Å². The second-order valence-electron chi connectivity index (χ2n) is 10.6. The molecule has 3 N–H and O–H groups in total. The lowest BCUT2D eigenvalue weighted by Crippen LogP contribution is -2.54. The lowest BCUT2D eigenvalue weighted by molar-refractivity contribution is -0.134. The van der Waals surface area contributed by atoms with Crippen LogP contribution in [0.2, 0.25) is 0 Å². The van der Waals surface area contributed by atoms with Crippen LogP contribution in [-0.4, -0.2) is 84.8 Å². The Bertz CT molecular complexity index is 1790. The minimum absolute atomic E-state index is 0.0372. The van der Waals surface area contributed by atoms with E-state index >= 15 is 0 Å². The van der Waals surface area contributed by atoms with E-state index in [1.165, 1.54) is 12.3 Å². The molecule has 11 nitrogen and oxygen atoms in total. The minimum atomic E-state index is -1.11. The van der Waals surface area contributed by atoms with Gasteiger partial charge in [0, 0.05) is 55.7 Å². The molecule has 5 aromatic rings. The number of amides is 2. The minimum Gasteiger partial charge on any atom is -0.478 e. The number of hydrogen-bond donors (Lipinski definition) is 3. The Balaban J connectivity index is 1.16. The van der Waals surface area contributed by atoms with Crippen LogP contribution in [0.3, 0.4) is 0 Å². The number of aromatic nitrogens is 4. The number of aromatic carboxylic acids is 1. The van der Waals surface area contributed by atoms with Crippen LogP contribution in [0.5, 0.6) is 0 Å². The first-order valence-corrected chi connectivity index (χ1v) is 15.3. The van der Waals surface area contributed by atoms with Crippen molar-refractivity contribution in [2.45, 2.75) is 28.9 Å². The van der Waals surface area contributed by atoms with Gasteiger partial charge in [0.15, 0.2) is 0 Å². The van der Waals surface area contributed by atoms with Gasteiger partial charge in [0.05, 0.1) is 27.9 Å². The van der Waals surface area contributed by atoms with Gasteiger partial charge in [-0.05, 0) is 49.4 Å². The molecule has 0 bridgehead atoms. The first-order valence-electron chi connectivity index (χ1n) is 14.5. The summed E-state index contributed by atoms with van der Waals surface area (Å²) < 4.78 is 0. The van der Waals surface area contributed by atoms with Gasteiger partial charge >= 0.3 is 5.97 Å². The first kappa shape index (κ1) is 30.0. The average molecular weight is 622 g/mol. The number of carboxylic acid groups (broad SMARTS) is 1. The van der Waals surface area contributed by atoms with Crippen LogP contribution in [0.15, 0.2) is 101 Å². The van der Waals surface area contributed by atoms with E-state index in [1.807, 2.05) is 60.7 Å². The Labute approximate surface area is 263 Å². The molecule has 1 saturated heterocycles. The number of nitrogens with zero attached hydrogens (tertiary/aromatic N) is 5. The number of para-hydroxylation sites is 1. The molecule has 5 heterocycles. The van der Waals surface area contributed by atoms with E-state index in [0.29, 0.717) is 36.6 Å². The highest BCUT2D eigenvalue weighted by molar-refractivity contribution is 7.99. The van der Waals surface area contributed by atoms with Crippen molar-refractivity contribution in [2.24, 2.45) is 0 Å². The van der Waals surface area contributed by atoms with Crippen LogP contribution < -0.4 is 5.32 Å². The summed E-state index contributed by atoms with van der Waals surface area (Å²) in [6.07, 6.45) is 5.06. The zero-order valence-electron chi connectivity index (χ0n) is 24.5. The molecule has 12 heteroatoms. The fourth-order valence-corrected chi connectivity index (χ4v) is 6.63. The Morgan fingerprint density at radius 3 is 2.13 bits per heavy atom. The summed E-state index contributed by atoms with van der Waals surface area (Å²) in [5.74, 6) is -1.76. The molecule has 0 spiro atoms. The number of aromatic amines is 1. The largest absolute Gasteiger partial charge is 0.478 e. The highest BCUT2D eigenvalue weighted by Crippen LogP contribution is 2.37. The fourth-order valence-electron chi connectivity index (χ4n) is 5.52. The summed E-state index contributed by atoms with van der Waals surface area (Å²) in [6.45, 7) is 3.88. The second-order valence-corrected chi connectivity index (χ2v) is 11.6. The monoisotopic (exact) mass is 621 g/mol. The van der Waals surface area contributed by atoms with Crippen molar-refractivity contribution < 1.29 is 19.5 Å². The van der Waals surface area contributed by atoms with Crippen molar-refractivity contribution in [3.05, 3.63) is 114 Å². The summed E-state index contributed by atoms with van der Waals surface area (Å²) in [4.78, 5) is 60.1. The molecule has 6 rings (SSSR count). The van der Waals surface area contributed by atoms with Crippen molar-refractivity contribution >= 4 is 40.4 Å². The standard InChI is InChI=1S/C33H31N7O4S/c1-21(32(42)40-19-17-39(18-20-40)28(25-12-4-6-14-34-25)26-13-5-7-15-35-26)37-30(41)27-29(22-9-2-3-11-24(22)38-27)45-31-23(33(43)44)10-8-16-36-31/h2-16,21,28,38H,17-20H2,1H3,(H,37,41)(H,43,44)/t21-/m1/s1. The lowest BCUT2D eigenvalue weighted by atomic mass is 10.1. The van der Waals surface area contributed by atoms with Crippen molar-refractivity contribution in [3.63, 3.8) is 0 Å². The molecule has 0 unspecified atom stereocenters. The van der Waals surface area contributed by atoms with Crippen LogP contribution in [0, 0.1) is 0 Å². The van der Waals surface area contributed by atoms with Crippen LogP contribution >= 0.6 is 11.8 Å². The maximum Gasteiger partial charge on any atom is 0.338 e. The number of nitrogens with one attached hydrogen (secondary N) is 2. The van der Waals surface area contributed by atoms with Gasteiger partial charge in [0.2, 0.25) is 5.91 Å². The van der Waals surface area contributed by atoms with Crippen molar-refractivity contribution in [1.29, 1.82) is 0 Å². The zero-order valence-corrected chi connectivity index (χ0v) is 25.3. The van der Waals surface area contributed by atoms with Crippen LogP contribution in [-0.2, 0) is 4.79 Å². The molecule has 1 aromatic carbocycles. The molecule has 1 aliphatic heterocycles. The smallest absolute Gasteiger partial charge is 0.338 e. The Kier molecular flexibility index (Phi) is 8.85. The number of piperazine rings is 1. The third-order valence-corrected chi connectivity index (χ3v) is 8.88. The van der Waals surface area contributed by atoms with Gasteiger partial charge < -0.3 is 20.3 Å². The third-order valence-electron chi connectivity index (χ3n) is 7.73. The van der Waals surface area contributed by atoms with Gasteiger partial charge in [-0.15, -0.1) is 0 Å². The number of H-pyrrole nitrogens is 1. The van der Waals surface area contributed by atoms with E-state index in [9.17, 15) is 19.5 Å². The van der Waals surface area contributed by atoms with E-state index in [2.05, 4.69) is 30.2 Å². The maximum atomic E-state index is 13.6. The molecule has 4 aromatic heterocycles. The van der Waals surface area contributed by atoms with Gasteiger partial charge in [-0.25, -0.2) is 9.78 Å². The number of fused-ring (bicyclic) bond motifs is 1. The molecule has 1 aliphatic rings. The van der Waals surface area contributed by atoms with Crippen LogP contribution in [0.25, 0.3) is 10.9 Å². The summed E-state index contributed by atoms with van der Waals surface area (Å²) >= 11 is 1.10. The summed E-state index contributed by atoms with van der Waals surface area (Å²) in [5.41, 5.74) is 2.77. The SMILES string of the molecule is C[C@@H](NC(=O)c1[nH]c2ccccc2c1Sc1ncccc1C(=O)O)C(=O)N1CCN(C(c2ccccn2)c2ccccn2)CC1. The van der Waals surface area contributed by atoms with Crippen molar-refractivity contribution in [3.8, 4) is 0 Å². The van der Waals surface area contributed by atoms with Gasteiger partial charge in [-0.1, -0.05) is 42.1 Å². The number of benzene rings is 1. The number of carbonyl (C=O) groups is 3. The van der Waals surface area contributed by atoms with Crippen LogP contribution in [0.1, 0.15) is 45.2 Å². The molecule has 1 atom stereocenters. The van der Waals surface area contributed by atoms with Gasteiger partial charge in [-0.3, -0.25) is 24.5 Å². The Morgan fingerprint density at radius 1 is 0.844 bits per heavy atom. The molecular formula is C33H31N7O4S. The topological polar surface area (TPSA) is 144 Å². The van der Waals surface area contributed by atoms with E-state index in [4.69, 9.17) is 0 Å². The van der Waals surface area contributed by atoms with E-state index in [0.717, 1.165) is 28.5 Å². The molecule has 1 fully saturated rings. The molecule has 2 amide bonds. The van der Waals surface area contributed by atoms with E-state index in [-0.39, 0.29) is 28.2 Å². The van der Waals surface area contributed by atoms with Crippen LogP contribution in [0.4, 0.5) is 0 Å². The average Bonchev–Trinajstić information content (AvgIpc) is 3.44. The molecule has 0 saturated carbocycles. The summed E-state index contributed by atoms with van der Waals surface area (Å²) in [5, 5.41) is 13.5. The van der Waals surface area contributed by atoms with E-state index in [1.54, 1.807) is 30.3 Å².